The number of piperidine rings is 2. The summed E-state index contributed by atoms with van der Waals surface area (Å²) in [5.41, 5.74) is 8.71. The van der Waals surface area contributed by atoms with E-state index in [0.29, 0.717) is 30.5 Å². The summed E-state index contributed by atoms with van der Waals surface area (Å²) in [5, 5.41) is 21.5. The number of fused-ring (bicyclic) bond motifs is 4. The van der Waals surface area contributed by atoms with Crippen LogP contribution in [0.25, 0.3) is 5.00 Å². The van der Waals surface area contributed by atoms with E-state index in [9.17, 15) is 9.59 Å². The minimum atomic E-state index is -0.241. The third kappa shape index (κ3) is 7.79. The highest BCUT2D eigenvalue weighted by Crippen LogP contribution is 2.37. The van der Waals surface area contributed by atoms with Crippen molar-refractivity contribution in [2.45, 2.75) is 90.6 Å². The molecule has 5 aromatic rings. The van der Waals surface area contributed by atoms with Crippen LogP contribution in [-0.2, 0) is 35.8 Å². The molecule has 2 N–H and O–H groups in total. The molecule has 7 heterocycles. The SMILES string of the molecule is Cc1c(C#Cc2cnn(CCCCN3CCC(Nc4cccc5c4CN(C4CCC(=O)NC4=O)C5)CC3)c2)sc2c1C(c1ccc(Cl)cc1)=NCc1nnc(C)n1-2. The van der Waals surface area contributed by atoms with E-state index in [1.54, 1.807) is 11.3 Å². The van der Waals surface area contributed by atoms with Crippen molar-refractivity contribution in [3.8, 4) is 16.8 Å². The fourth-order valence-electron chi connectivity index (χ4n) is 8.54. The number of likely N-dealkylation sites (tertiary alicyclic amines) is 1. The van der Waals surface area contributed by atoms with Gasteiger partial charge in [-0.2, -0.15) is 5.10 Å². The molecule has 57 heavy (non-hydrogen) atoms. The topological polar surface area (TPSA) is 126 Å². The van der Waals surface area contributed by atoms with Crippen LogP contribution in [0.1, 0.15) is 88.4 Å². The van der Waals surface area contributed by atoms with Crippen LogP contribution >= 0.6 is 22.9 Å². The summed E-state index contributed by atoms with van der Waals surface area (Å²) >= 11 is 7.87. The van der Waals surface area contributed by atoms with Gasteiger partial charge in [-0.25, -0.2) is 0 Å². The van der Waals surface area contributed by atoms with E-state index in [2.05, 4.69) is 77.3 Å². The van der Waals surface area contributed by atoms with Crippen LogP contribution in [0.15, 0.2) is 59.9 Å². The van der Waals surface area contributed by atoms with Gasteiger partial charge in [-0.15, -0.1) is 21.5 Å². The Balaban J connectivity index is 0.765. The number of nitrogens with one attached hydrogen (secondary N) is 2. The van der Waals surface area contributed by atoms with Crippen molar-refractivity contribution in [1.29, 1.82) is 0 Å². The highest BCUT2D eigenvalue weighted by molar-refractivity contribution is 7.15. The minimum absolute atomic E-state index is 0.164. The molecule has 0 radical (unpaired) electrons. The average molecular weight is 801 g/mol. The van der Waals surface area contributed by atoms with Crippen LogP contribution in [0.3, 0.4) is 0 Å². The molecule has 0 bridgehead atoms. The van der Waals surface area contributed by atoms with Gasteiger partial charge in [-0.1, -0.05) is 47.7 Å². The molecule has 0 saturated carbocycles. The molecule has 14 heteroatoms. The fourth-order valence-corrected chi connectivity index (χ4v) is 9.90. The molecule has 2 aromatic carbocycles. The van der Waals surface area contributed by atoms with Gasteiger partial charge in [-0.3, -0.25) is 34.0 Å². The van der Waals surface area contributed by atoms with Crippen molar-refractivity contribution in [3.05, 3.63) is 110 Å². The van der Waals surface area contributed by atoms with Gasteiger partial charge < -0.3 is 10.2 Å². The number of aryl methyl sites for hydroxylation is 2. The largest absolute Gasteiger partial charge is 0.382 e. The maximum absolute atomic E-state index is 12.5. The Labute approximate surface area is 341 Å². The third-order valence-corrected chi connectivity index (χ3v) is 13.1. The predicted octanol–water partition coefficient (Wildman–Crippen LogP) is 6.02. The quantitative estimate of drug-likeness (QED) is 0.105. The third-order valence-electron chi connectivity index (χ3n) is 11.6. The molecule has 9 rings (SSSR count). The van der Waals surface area contributed by atoms with E-state index in [0.717, 1.165) is 114 Å². The molecule has 2 fully saturated rings. The van der Waals surface area contributed by atoms with Crippen molar-refractivity contribution >= 4 is 46.2 Å². The van der Waals surface area contributed by atoms with Crippen molar-refractivity contribution in [2.24, 2.45) is 4.99 Å². The molecular formula is C43H45ClN10O2S. The molecule has 2 saturated heterocycles. The van der Waals surface area contributed by atoms with E-state index < -0.39 is 0 Å². The Bertz CT molecular complexity index is 2430. The number of halogens is 1. The monoisotopic (exact) mass is 800 g/mol. The molecule has 4 aliphatic heterocycles. The lowest BCUT2D eigenvalue weighted by Gasteiger charge is -2.33. The van der Waals surface area contributed by atoms with Crippen LogP contribution in [0, 0.1) is 25.7 Å². The van der Waals surface area contributed by atoms with Gasteiger partial charge in [0.1, 0.15) is 17.4 Å². The molecule has 12 nitrogen and oxygen atoms in total. The zero-order chi connectivity index (χ0) is 39.0. The number of amides is 2. The molecule has 0 aliphatic carbocycles. The summed E-state index contributed by atoms with van der Waals surface area (Å²) < 4.78 is 4.12. The van der Waals surface area contributed by atoms with Gasteiger partial charge in [0.05, 0.1) is 28.4 Å². The summed E-state index contributed by atoms with van der Waals surface area (Å²) in [6.45, 7) is 10.1. The van der Waals surface area contributed by atoms with Crippen molar-refractivity contribution in [1.82, 2.24) is 39.7 Å². The van der Waals surface area contributed by atoms with E-state index in [1.807, 2.05) is 48.3 Å². The highest BCUT2D eigenvalue weighted by Gasteiger charge is 2.36. The van der Waals surface area contributed by atoms with Gasteiger partial charge in [-0.05, 0) is 87.4 Å². The predicted molar refractivity (Wildman–Crippen MR) is 222 cm³/mol. The number of carbonyl (C=O) groups excluding carboxylic acids is 2. The second-order valence-electron chi connectivity index (χ2n) is 15.4. The smallest absolute Gasteiger partial charge is 0.243 e. The number of hydrogen-bond donors (Lipinski definition) is 2. The normalized spacial score (nSPS) is 18.6. The number of carbonyl (C=O) groups is 2. The number of thiophene rings is 1. The van der Waals surface area contributed by atoms with Crippen molar-refractivity contribution in [2.75, 3.05) is 25.0 Å². The first kappa shape index (κ1) is 37.4. The second kappa shape index (κ2) is 16.0. The summed E-state index contributed by atoms with van der Waals surface area (Å²) in [5.74, 6) is 8.14. The van der Waals surface area contributed by atoms with E-state index in [-0.39, 0.29) is 17.9 Å². The van der Waals surface area contributed by atoms with Crippen LogP contribution < -0.4 is 10.6 Å². The van der Waals surface area contributed by atoms with Gasteiger partial charge in [0, 0.05) is 73.2 Å². The molecule has 4 aliphatic rings. The van der Waals surface area contributed by atoms with Gasteiger partial charge in [0.15, 0.2) is 5.82 Å². The average Bonchev–Trinajstić information content (AvgIpc) is 3.98. The van der Waals surface area contributed by atoms with Crippen molar-refractivity contribution < 1.29 is 9.59 Å². The van der Waals surface area contributed by atoms with Crippen LogP contribution in [0.2, 0.25) is 5.02 Å². The Morgan fingerprint density at radius 2 is 1.81 bits per heavy atom. The Hall–Kier alpha value is -5.13. The molecule has 3 aromatic heterocycles. The number of aromatic nitrogens is 5. The maximum Gasteiger partial charge on any atom is 0.243 e. The van der Waals surface area contributed by atoms with Crippen LogP contribution in [0.5, 0.6) is 0 Å². The molecular weight excluding hydrogens is 756 g/mol. The number of hydrogen-bond acceptors (Lipinski definition) is 10. The zero-order valence-electron chi connectivity index (χ0n) is 32.2. The van der Waals surface area contributed by atoms with Gasteiger partial charge >= 0.3 is 0 Å². The van der Waals surface area contributed by atoms with Gasteiger partial charge in [0.2, 0.25) is 11.8 Å². The standard InChI is InChI=1S/C43H45ClN10O2S/c1-27-37(57-43-40(27)41(30-9-11-32(44)12-10-30)45-23-38-50-49-28(2)54(38)43)14-8-29-22-46-53(24-29)19-4-3-18-51-20-16-33(17-21-51)47-35-7-5-6-31-25-52(26-34(31)35)36-13-15-39(55)48-42(36)56/h5-7,9-12,22,24,33,36,47H,3-4,13,15-21,23,25-26H2,1-2H3,(H,48,55,56). The lowest BCUT2D eigenvalue weighted by atomic mass is 10.00. The molecule has 1 atom stereocenters. The summed E-state index contributed by atoms with van der Waals surface area (Å²) in [7, 11) is 0. The number of aliphatic imine (C=N–C) groups is 1. The van der Waals surface area contributed by atoms with E-state index >= 15 is 0 Å². The van der Waals surface area contributed by atoms with E-state index in [4.69, 9.17) is 16.6 Å². The number of nitrogens with zero attached hydrogens (tertiary/aromatic N) is 8. The molecule has 292 valence electrons. The Morgan fingerprint density at radius 3 is 2.63 bits per heavy atom. The number of rotatable bonds is 9. The minimum Gasteiger partial charge on any atom is -0.382 e. The van der Waals surface area contributed by atoms with E-state index in [1.165, 1.54) is 16.8 Å². The number of unbranched alkanes of at least 4 members (excludes halogenated alkanes) is 1. The number of imide groups is 1. The molecule has 0 spiro atoms. The number of anilines is 1. The number of benzene rings is 2. The molecule has 2 amide bonds. The lowest BCUT2D eigenvalue weighted by Crippen LogP contribution is -2.50. The summed E-state index contributed by atoms with van der Waals surface area (Å²) in [6.07, 6.45) is 9.27. The highest BCUT2D eigenvalue weighted by atomic mass is 35.5. The zero-order valence-corrected chi connectivity index (χ0v) is 33.8. The second-order valence-corrected chi connectivity index (χ2v) is 16.9. The summed E-state index contributed by atoms with van der Waals surface area (Å²) in [4.78, 5) is 35.0. The maximum atomic E-state index is 12.5. The summed E-state index contributed by atoms with van der Waals surface area (Å²) in [6, 6.07) is 14.5. The van der Waals surface area contributed by atoms with Crippen LogP contribution in [0.4, 0.5) is 5.69 Å². The Kier molecular flexibility index (Phi) is 10.5. The van der Waals surface area contributed by atoms with Crippen LogP contribution in [-0.4, -0.2) is 83.6 Å². The van der Waals surface area contributed by atoms with Gasteiger partial charge in [0.25, 0.3) is 0 Å². The molecule has 1 unspecified atom stereocenters. The first-order chi connectivity index (χ1) is 27.8. The first-order valence-electron chi connectivity index (χ1n) is 19.8. The van der Waals surface area contributed by atoms with Crippen molar-refractivity contribution in [3.63, 3.8) is 0 Å². The Morgan fingerprint density at radius 1 is 0.982 bits per heavy atom. The lowest BCUT2D eigenvalue weighted by molar-refractivity contribution is -0.137. The first-order valence-corrected chi connectivity index (χ1v) is 21.0. The fraction of sp³-hybridized carbons (Fsp3) is 0.395.